The average molecular weight is 395 g/mol. The minimum atomic E-state index is -0.668. The predicted octanol–water partition coefficient (Wildman–Crippen LogP) is 2.88. The van der Waals surface area contributed by atoms with Crippen LogP contribution in [0.5, 0.6) is 0 Å². The lowest BCUT2D eigenvalue weighted by Gasteiger charge is -2.19. The monoisotopic (exact) mass is 393 g/mol. The van der Waals surface area contributed by atoms with E-state index in [0.717, 1.165) is 6.54 Å². The fourth-order valence-corrected chi connectivity index (χ4v) is 3.04. The summed E-state index contributed by atoms with van der Waals surface area (Å²) in [5.74, 6) is -1.14. The molecule has 134 valence electrons. The first kappa shape index (κ1) is 21.0. The SMILES string of the molecule is CCN[C@H](C)CNC(=O)C1CCN(c2cc(Cl)ccc2Cl)C1=O.Cl. The molecule has 1 unspecified atom stereocenters. The molecule has 0 spiro atoms. The van der Waals surface area contributed by atoms with Crippen LogP contribution in [0.25, 0.3) is 0 Å². The zero-order chi connectivity index (χ0) is 17.0. The fraction of sp³-hybridized carbons (Fsp3) is 0.500. The Morgan fingerprint density at radius 1 is 1.42 bits per heavy atom. The summed E-state index contributed by atoms with van der Waals surface area (Å²) in [5, 5.41) is 6.99. The van der Waals surface area contributed by atoms with Crippen LogP contribution in [0.4, 0.5) is 5.69 Å². The Labute approximate surface area is 158 Å². The summed E-state index contributed by atoms with van der Waals surface area (Å²) in [5.41, 5.74) is 0.556. The lowest BCUT2D eigenvalue weighted by molar-refractivity contribution is -0.132. The van der Waals surface area contributed by atoms with Gasteiger partial charge in [-0.25, -0.2) is 0 Å². The third kappa shape index (κ3) is 4.99. The van der Waals surface area contributed by atoms with E-state index >= 15 is 0 Å². The van der Waals surface area contributed by atoms with E-state index < -0.39 is 5.92 Å². The molecule has 8 heteroatoms. The van der Waals surface area contributed by atoms with Gasteiger partial charge in [0.2, 0.25) is 11.8 Å². The molecule has 0 saturated carbocycles. The van der Waals surface area contributed by atoms with Crippen LogP contribution in [-0.4, -0.2) is 37.5 Å². The minimum absolute atomic E-state index is 0. The maximum atomic E-state index is 12.5. The standard InChI is InChI=1S/C16H21Cl2N3O2.ClH/c1-3-19-10(2)9-20-15(22)12-6-7-21(16(12)23)14-8-11(17)4-5-13(14)18;/h4-5,8,10,12,19H,3,6-7,9H2,1-2H3,(H,20,22);1H/t10-,12?;/m1./s1. The molecule has 1 fully saturated rings. The number of nitrogens with one attached hydrogen (secondary N) is 2. The van der Waals surface area contributed by atoms with Gasteiger partial charge in [0.25, 0.3) is 0 Å². The zero-order valence-electron chi connectivity index (χ0n) is 13.6. The largest absolute Gasteiger partial charge is 0.354 e. The van der Waals surface area contributed by atoms with Crippen LogP contribution in [0, 0.1) is 5.92 Å². The first-order chi connectivity index (χ1) is 10.9. The van der Waals surface area contributed by atoms with Gasteiger partial charge in [-0.15, -0.1) is 12.4 Å². The third-order valence-electron chi connectivity index (χ3n) is 3.86. The number of halogens is 3. The Hall–Kier alpha value is -1.01. The number of likely N-dealkylation sites (N-methyl/N-ethyl adjacent to an activating group) is 1. The number of benzene rings is 1. The van der Waals surface area contributed by atoms with E-state index in [2.05, 4.69) is 10.6 Å². The lowest BCUT2D eigenvalue weighted by Crippen LogP contribution is -2.43. The van der Waals surface area contributed by atoms with E-state index in [0.29, 0.717) is 35.2 Å². The molecule has 0 aliphatic carbocycles. The van der Waals surface area contributed by atoms with E-state index in [-0.39, 0.29) is 30.3 Å². The van der Waals surface area contributed by atoms with Crippen LogP contribution in [-0.2, 0) is 9.59 Å². The van der Waals surface area contributed by atoms with Crippen molar-refractivity contribution in [2.24, 2.45) is 5.92 Å². The highest BCUT2D eigenvalue weighted by atomic mass is 35.5. The first-order valence-corrected chi connectivity index (χ1v) is 8.47. The van der Waals surface area contributed by atoms with Crippen molar-refractivity contribution < 1.29 is 9.59 Å². The Morgan fingerprint density at radius 3 is 2.79 bits per heavy atom. The Balaban J connectivity index is 0.00000288. The highest BCUT2D eigenvalue weighted by molar-refractivity contribution is 6.36. The van der Waals surface area contributed by atoms with Crippen molar-refractivity contribution in [3.05, 3.63) is 28.2 Å². The van der Waals surface area contributed by atoms with Gasteiger partial charge < -0.3 is 15.5 Å². The molecule has 1 aromatic carbocycles. The minimum Gasteiger partial charge on any atom is -0.354 e. The topological polar surface area (TPSA) is 61.4 Å². The van der Waals surface area contributed by atoms with E-state index in [1.54, 1.807) is 18.2 Å². The molecule has 1 aliphatic rings. The number of rotatable bonds is 6. The second-order valence-corrected chi connectivity index (χ2v) is 6.47. The highest BCUT2D eigenvalue weighted by Crippen LogP contribution is 2.33. The van der Waals surface area contributed by atoms with Gasteiger partial charge in [-0.2, -0.15) is 0 Å². The predicted molar refractivity (Wildman–Crippen MR) is 100 cm³/mol. The van der Waals surface area contributed by atoms with Crippen LogP contribution in [0.15, 0.2) is 18.2 Å². The van der Waals surface area contributed by atoms with Gasteiger partial charge in [0.05, 0.1) is 10.7 Å². The van der Waals surface area contributed by atoms with Crippen LogP contribution in [0.1, 0.15) is 20.3 Å². The Bertz CT molecular complexity index is 598. The van der Waals surface area contributed by atoms with Crippen molar-refractivity contribution in [1.29, 1.82) is 0 Å². The Morgan fingerprint density at radius 2 is 2.12 bits per heavy atom. The third-order valence-corrected chi connectivity index (χ3v) is 4.41. The summed E-state index contributed by atoms with van der Waals surface area (Å²) in [4.78, 5) is 26.3. The summed E-state index contributed by atoms with van der Waals surface area (Å²) < 4.78 is 0. The van der Waals surface area contributed by atoms with Gasteiger partial charge in [0.15, 0.2) is 0 Å². The molecular weight excluding hydrogens is 373 g/mol. The Kier molecular flexibility index (Phi) is 8.30. The molecule has 2 N–H and O–H groups in total. The number of carbonyl (C=O) groups excluding carboxylic acids is 2. The van der Waals surface area contributed by atoms with Gasteiger partial charge >= 0.3 is 0 Å². The van der Waals surface area contributed by atoms with Crippen LogP contribution < -0.4 is 15.5 Å². The van der Waals surface area contributed by atoms with Crippen molar-refractivity contribution in [3.63, 3.8) is 0 Å². The summed E-state index contributed by atoms with van der Waals surface area (Å²) in [6, 6.07) is 5.13. The molecule has 2 atom stereocenters. The van der Waals surface area contributed by atoms with Gasteiger partial charge in [-0.05, 0) is 38.1 Å². The molecule has 0 bridgehead atoms. The van der Waals surface area contributed by atoms with Gasteiger partial charge in [0.1, 0.15) is 5.92 Å². The van der Waals surface area contributed by atoms with Crippen LogP contribution >= 0.6 is 35.6 Å². The van der Waals surface area contributed by atoms with E-state index in [4.69, 9.17) is 23.2 Å². The van der Waals surface area contributed by atoms with Gasteiger partial charge in [-0.3, -0.25) is 9.59 Å². The number of hydrogen-bond acceptors (Lipinski definition) is 3. The molecule has 0 radical (unpaired) electrons. The van der Waals surface area contributed by atoms with E-state index in [9.17, 15) is 9.59 Å². The van der Waals surface area contributed by atoms with Crippen molar-refractivity contribution in [2.75, 3.05) is 24.5 Å². The van der Waals surface area contributed by atoms with E-state index in [1.165, 1.54) is 4.90 Å². The molecular formula is C16H22Cl3N3O2. The van der Waals surface area contributed by atoms with Crippen molar-refractivity contribution in [3.8, 4) is 0 Å². The second kappa shape index (κ2) is 9.47. The number of hydrogen-bond donors (Lipinski definition) is 2. The molecule has 2 amide bonds. The summed E-state index contributed by atoms with van der Waals surface area (Å²) >= 11 is 12.1. The molecule has 1 heterocycles. The molecule has 1 saturated heterocycles. The number of amides is 2. The smallest absolute Gasteiger partial charge is 0.239 e. The maximum Gasteiger partial charge on any atom is 0.239 e. The summed E-state index contributed by atoms with van der Waals surface area (Å²) in [7, 11) is 0. The molecule has 0 aromatic heterocycles. The van der Waals surface area contributed by atoms with E-state index in [1.807, 2.05) is 13.8 Å². The molecule has 24 heavy (non-hydrogen) atoms. The molecule has 1 aliphatic heterocycles. The van der Waals surface area contributed by atoms with Crippen molar-refractivity contribution >= 4 is 53.1 Å². The number of anilines is 1. The quantitative estimate of drug-likeness (QED) is 0.729. The van der Waals surface area contributed by atoms with Gasteiger partial charge in [-0.1, -0.05) is 30.1 Å². The van der Waals surface area contributed by atoms with Crippen LogP contribution in [0.3, 0.4) is 0 Å². The second-order valence-electron chi connectivity index (χ2n) is 5.63. The summed E-state index contributed by atoms with van der Waals surface area (Å²) in [6.45, 7) is 5.78. The molecule has 2 rings (SSSR count). The molecule has 5 nitrogen and oxygen atoms in total. The van der Waals surface area contributed by atoms with Crippen LogP contribution in [0.2, 0.25) is 10.0 Å². The summed E-state index contributed by atoms with van der Waals surface area (Å²) in [6.07, 6.45) is 0.475. The highest BCUT2D eigenvalue weighted by Gasteiger charge is 2.38. The normalized spacial score (nSPS) is 18.2. The maximum absolute atomic E-state index is 12.5. The number of carbonyl (C=O) groups is 2. The number of nitrogens with zero attached hydrogens (tertiary/aromatic N) is 1. The average Bonchev–Trinajstić information content (AvgIpc) is 2.89. The fourth-order valence-electron chi connectivity index (χ4n) is 2.65. The molecule has 1 aromatic rings. The van der Waals surface area contributed by atoms with Crippen molar-refractivity contribution in [1.82, 2.24) is 10.6 Å². The van der Waals surface area contributed by atoms with Crippen molar-refractivity contribution in [2.45, 2.75) is 26.3 Å². The van der Waals surface area contributed by atoms with Gasteiger partial charge in [0, 0.05) is 24.2 Å². The first-order valence-electron chi connectivity index (χ1n) is 7.71. The lowest BCUT2D eigenvalue weighted by atomic mass is 10.1. The zero-order valence-corrected chi connectivity index (χ0v) is 16.0.